The Morgan fingerprint density at radius 1 is 1.43 bits per heavy atom. The molecule has 1 aromatic carbocycles. The van der Waals surface area contributed by atoms with Crippen LogP contribution in [0, 0.1) is 5.92 Å². The zero-order valence-corrected chi connectivity index (χ0v) is 8.79. The molecule has 2 nitrogen and oxygen atoms in total. The molecule has 2 heteroatoms. The summed E-state index contributed by atoms with van der Waals surface area (Å²) < 4.78 is 0. The highest BCUT2D eigenvalue weighted by molar-refractivity contribution is 5.78. The lowest BCUT2D eigenvalue weighted by molar-refractivity contribution is -0.124. The maximum absolute atomic E-state index is 11.4. The normalized spacial score (nSPS) is 12.1. The summed E-state index contributed by atoms with van der Waals surface area (Å²) >= 11 is 0. The van der Waals surface area contributed by atoms with Crippen LogP contribution in [0.3, 0.4) is 0 Å². The van der Waals surface area contributed by atoms with Crippen LogP contribution in [0.25, 0.3) is 0 Å². The lowest BCUT2D eigenvalue weighted by Crippen LogP contribution is -2.29. The number of amides is 1. The number of carbonyl (C=O) groups excluding carboxylic acids is 1. The average Bonchev–Trinajstić information content (AvgIpc) is 2.19. The summed E-state index contributed by atoms with van der Waals surface area (Å²) in [6, 6.07) is 10.1. The van der Waals surface area contributed by atoms with Gasteiger partial charge >= 0.3 is 0 Å². The Bertz CT molecular complexity index is 287. The maximum Gasteiger partial charge on any atom is 0.223 e. The number of nitrogens with one attached hydrogen (secondary N) is 1. The van der Waals surface area contributed by atoms with Crippen LogP contribution in [-0.2, 0) is 11.2 Å². The zero-order chi connectivity index (χ0) is 10.4. The molecule has 14 heavy (non-hydrogen) atoms. The van der Waals surface area contributed by atoms with E-state index in [9.17, 15) is 4.79 Å². The first kappa shape index (κ1) is 10.8. The largest absolute Gasteiger partial charge is 0.356 e. The van der Waals surface area contributed by atoms with Gasteiger partial charge in [0.2, 0.25) is 5.91 Å². The fraction of sp³-hybridized carbons (Fsp3) is 0.417. The molecule has 0 bridgehead atoms. The van der Waals surface area contributed by atoms with Gasteiger partial charge in [-0.3, -0.25) is 4.79 Å². The van der Waals surface area contributed by atoms with Crippen molar-refractivity contribution < 1.29 is 6.22 Å². The third kappa shape index (κ3) is 3.21. The highest BCUT2D eigenvalue weighted by Crippen LogP contribution is 2.07. The molecule has 0 aromatic heterocycles. The molecule has 0 heterocycles. The minimum absolute atomic E-state index is 0. The number of carbonyl (C=O) groups is 1. The quantitative estimate of drug-likeness (QED) is 0.780. The van der Waals surface area contributed by atoms with Crippen molar-refractivity contribution in [3.63, 3.8) is 0 Å². The van der Waals surface area contributed by atoms with E-state index in [1.54, 1.807) is 0 Å². The highest BCUT2D eigenvalue weighted by atomic mass is 16.1. The van der Waals surface area contributed by atoms with E-state index in [1.807, 2.05) is 32.0 Å². The smallest absolute Gasteiger partial charge is 0.223 e. The van der Waals surface area contributed by atoms with Gasteiger partial charge in [0.1, 0.15) is 0 Å². The van der Waals surface area contributed by atoms with Crippen LogP contribution in [0.4, 0.5) is 0 Å². The first-order chi connectivity index (χ1) is 6.74. The monoisotopic (exact) mass is 193 g/mol. The molecule has 0 fully saturated rings. The summed E-state index contributed by atoms with van der Waals surface area (Å²) in [5.41, 5.74) is 1.21. The first-order valence-corrected chi connectivity index (χ1v) is 5.05. The van der Waals surface area contributed by atoms with Gasteiger partial charge in [0.05, 0.1) is 0 Å². The van der Waals surface area contributed by atoms with Crippen LogP contribution >= 0.6 is 0 Å². The van der Waals surface area contributed by atoms with Crippen LogP contribution in [0.2, 0.25) is 0 Å². The van der Waals surface area contributed by atoms with Gasteiger partial charge in [-0.05, 0) is 18.9 Å². The molecule has 1 N–H and O–H groups in total. The average molecular weight is 193 g/mol. The van der Waals surface area contributed by atoms with E-state index in [-0.39, 0.29) is 13.3 Å². The van der Waals surface area contributed by atoms with E-state index in [1.165, 1.54) is 5.56 Å². The second-order valence-electron chi connectivity index (χ2n) is 3.49. The molecular formula is C12H19NO. The minimum atomic E-state index is 0. The van der Waals surface area contributed by atoms with Crippen molar-refractivity contribution in [2.45, 2.75) is 20.3 Å². The Morgan fingerprint density at radius 3 is 2.64 bits per heavy atom. The summed E-state index contributed by atoms with van der Waals surface area (Å²) in [5.74, 6) is 0.189. The molecule has 0 aliphatic carbocycles. The molecule has 0 spiro atoms. The van der Waals surface area contributed by atoms with Gasteiger partial charge in [-0.2, -0.15) is 0 Å². The number of benzene rings is 1. The van der Waals surface area contributed by atoms with Crippen molar-refractivity contribution in [1.29, 1.82) is 0 Å². The standard InChI is InChI=1S/C12H17NO.H2/c1-3-13-12(14)10(2)9-11-7-5-4-6-8-11;/h4-8,10H,3,9H2,1-2H3,(H,13,14);1H. The number of rotatable bonds is 4. The molecule has 1 amide bonds. The summed E-state index contributed by atoms with van der Waals surface area (Å²) in [5, 5.41) is 2.83. The highest BCUT2D eigenvalue weighted by Gasteiger charge is 2.11. The molecular weight excluding hydrogens is 174 g/mol. The Morgan fingerprint density at radius 2 is 2.07 bits per heavy atom. The molecule has 1 unspecified atom stereocenters. The molecule has 1 aromatic rings. The Balaban J connectivity index is 0.00000196. The van der Waals surface area contributed by atoms with Gasteiger partial charge in [-0.15, -0.1) is 0 Å². The summed E-state index contributed by atoms with van der Waals surface area (Å²) in [7, 11) is 0. The first-order valence-electron chi connectivity index (χ1n) is 5.05. The van der Waals surface area contributed by atoms with Crippen molar-refractivity contribution in [1.82, 2.24) is 5.32 Å². The van der Waals surface area contributed by atoms with E-state index in [2.05, 4.69) is 17.4 Å². The van der Waals surface area contributed by atoms with Crippen LogP contribution in [0.15, 0.2) is 30.3 Å². The summed E-state index contributed by atoms with van der Waals surface area (Å²) in [4.78, 5) is 11.4. The molecule has 0 saturated heterocycles. The molecule has 0 saturated carbocycles. The lowest BCUT2D eigenvalue weighted by Gasteiger charge is -2.10. The van der Waals surface area contributed by atoms with Crippen molar-refractivity contribution in [2.24, 2.45) is 5.92 Å². The van der Waals surface area contributed by atoms with E-state index < -0.39 is 0 Å². The maximum atomic E-state index is 11.4. The predicted molar refractivity (Wildman–Crippen MR) is 60.1 cm³/mol. The SMILES string of the molecule is CCNC(=O)C(C)Cc1ccccc1.[HH]. The van der Waals surface area contributed by atoms with Gasteiger partial charge in [-0.1, -0.05) is 37.3 Å². The van der Waals surface area contributed by atoms with Gasteiger partial charge in [-0.25, -0.2) is 0 Å². The van der Waals surface area contributed by atoms with E-state index in [0.717, 1.165) is 6.42 Å². The fourth-order valence-corrected chi connectivity index (χ4v) is 1.41. The molecule has 78 valence electrons. The van der Waals surface area contributed by atoms with Crippen molar-refractivity contribution in [3.8, 4) is 0 Å². The number of hydrogen-bond acceptors (Lipinski definition) is 1. The van der Waals surface area contributed by atoms with Crippen LogP contribution in [0.1, 0.15) is 20.8 Å². The topological polar surface area (TPSA) is 29.1 Å². The second-order valence-corrected chi connectivity index (χ2v) is 3.49. The Kier molecular flexibility index (Phi) is 4.17. The molecule has 0 aliphatic heterocycles. The molecule has 0 aliphatic rings. The third-order valence-electron chi connectivity index (χ3n) is 2.18. The van der Waals surface area contributed by atoms with Crippen LogP contribution in [-0.4, -0.2) is 12.5 Å². The van der Waals surface area contributed by atoms with Gasteiger partial charge in [0.15, 0.2) is 0 Å². The summed E-state index contributed by atoms with van der Waals surface area (Å²) in [6.07, 6.45) is 0.812. The lowest BCUT2D eigenvalue weighted by atomic mass is 10.0. The molecule has 1 atom stereocenters. The second kappa shape index (κ2) is 5.43. The zero-order valence-electron chi connectivity index (χ0n) is 8.79. The van der Waals surface area contributed by atoms with E-state index >= 15 is 0 Å². The summed E-state index contributed by atoms with van der Waals surface area (Å²) in [6.45, 7) is 4.60. The van der Waals surface area contributed by atoms with Crippen LogP contribution < -0.4 is 5.32 Å². The van der Waals surface area contributed by atoms with Gasteiger partial charge < -0.3 is 5.32 Å². The molecule has 0 radical (unpaired) electrons. The van der Waals surface area contributed by atoms with Crippen LogP contribution in [0.5, 0.6) is 0 Å². The van der Waals surface area contributed by atoms with Crippen molar-refractivity contribution >= 4 is 5.91 Å². The van der Waals surface area contributed by atoms with Gasteiger partial charge in [0, 0.05) is 13.9 Å². The van der Waals surface area contributed by atoms with E-state index in [4.69, 9.17) is 0 Å². The van der Waals surface area contributed by atoms with E-state index in [0.29, 0.717) is 6.54 Å². The Labute approximate surface area is 86.8 Å². The number of hydrogen-bond donors (Lipinski definition) is 1. The minimum Gasteiger partial charge on any atom is -0.356 e. The fourth-order valence-electron chi connectivity index (χ4n) is 1.41. The van der Waals surface area contributed by atoms with Gasteiger partial charge in [0.25, 0.3) is 0 Å². The predicted octanol–water partition coefficient (Wildman–Crippen LogP) is 2.25. The van der Waals surface area contributed by atoms with Crippen molar-refractivity contribution in [3.05, 3.63) is 35.9 Å². The third-order valence-corrected chi connectivity index (χ3v) is 2.18. The Hall–Kier alpha value is -1.31. The molecule has 1 rings (SSSR count). The van der Waals surface area contributed by atoms with Crippen molar-refractivity contribution in [2.75, 3.05) is 6.54 Å².